The second-order valence-corrected chi connectivity index (χ2v) is 7.52. The van der Waals surface area contributed by atoms with Crippen molar-refractivity contribution in [3.05, 3.63) is 113 Å². The lowest BCUT2D eigenvalue weighted by atomic mass is 9.87. The first-order valence-electron chi connectivity index (χ1n) is 10.6. The molecule has 0 fully saturated rings. The predicted octanol–water partition coefficient (Wildman–Crippen LogP) is 5.29. The number of carboxylic acids is 1. The van der Waals surface area contributed by atoms with Crippen molar-refractivity contribution in [1.82, 2.24) is 5.48 Å². The summed E-state index contributed by atoms with van der Waals surface area (Å²) in [6.45, 7) is -0.346. The first kappa shape index (κ1) is 21.4. The summed E-state index contributed by atoms with van der Waals surface area (Å²) in [5.41, 5.74) is 11.5. The highest BCUT2D eigenvalue weighted by Gasteiger charge is 2.18. The predicted molar refractivity (Wildman–Crippen MR) is 123 cm³/mol. The van der Waals surface area contributed by atoms with Crippen molar-refractivity contribution >= 4 is 11.5 Å². The molecule has 0 aliphatic heterocycles. The van der Waals surface area contributed by atoms with E-state index in [1.54, 1.807) is 6.20 Å². The second kappa shape index (κ2) is 10.5. The second-order valence-electron chi connectivity index (χ2n) is 7.52. The number of carbonyl (C=O) groups is 1. The van der Waals surface area contributed by atoms with E-state index in [2.05, 4.69) is 11.2 Å². The summed E-state index contributed by atoms with van der Waals surface area (Å²) in [5.74, 6) is -0.358. The van der Waals surface area contributed by atoms with E-state index < -0.39 is 5.97 Å². The fraction of sp³-hybridized carbons (Fsp3) is 0.185. The Morgan fingerprint density at radius 2 is 1.66 bits per heavy atom. The third kappa shape index (κ3) is 5.27. The molecular weight excluding hydrogens is 402 g/mol. The van der Waals surface area contributed by atoms with Crippen molar-refractivity contribution in [2.45, 2.75) is 25.4 Å². The first-order valence-corrected chi connectivity index (χ1v) is 10.6. The van der Waals surface area contributed by atoms with E-state index in [-0.39, 0.29) is 12.7 Å². The minimum Gasteiger partial charge on any atom is -0.482 e. The van der Waals surface area contributed by atoms with E-state index in [4.69, 9.17) is 14.7 Å². The van der Waals surface area contributed by atoms with Gasteiger partial charge in [-0.05, 0) is 42.0 Å². The van der Waals surface area contributed by atoms with Crippen molar-refractivity contribution in [3.63, 3.8) is 0 Å². The molecule has 3 aromatic carbocycles. The standard InChI is InChI=1S/C27H25NO4/c29-26(30)19-31-25-16-8-14-23-20(13-7-15-24(23)25)17-18-28-32-27(21-9-3-1-4-10-21)22-11-5-2-6-12-22/h1-6,8-12,14,16,18,27-28H,7,13,15,19H2,(H,29,30). The minimum absolute atomic E-state index is 0.255. The highest BCUT2D eigenvalue weighted by molar-refractivity contribution is 5.72. The first-order chi connectivity index (χ1) is 15.7. The number of allylic oxidation sites excluding steroid dienone is 1. The summed E-state index contributed by atoms with van der Waals surface area (Å²) in [6, 6.07) is 25.8. The Morgan fingerprint density at radius 1 is 0.969 bits per heavy atom. The molecule has 0 saturated carbocycles. The largest absolute Gasteiger partial charge is 0.482 e. The zero-order valence-corrected chi connectivity index (χ0v) is 17.7. The number of nitrogens with one attached hydrogen (secondary N) is 1. The molecule has 0 atom stereocenters. The number of aliphatic carboxylic acids is 1. The number of hydrogen-bond donors (Lipinski definition) is 2. The summed E-state index contributed by atoms with van der Waals surface area (Å²) in [4.78, 5) is 16.9. The van der Waals surface area contributed by atoms with E-state index in [0.717, 1.165) is 47.1 Å². The molecule has 0 heterocycles. The van der Waals surface area contributed by atoms with Gasteiger partial charge in [-0.1, -0.05) is 78.5 Å². The van der Waals surface area contributed by atoms with Crippen molar-refractivity contribution in [2.75, 3.05) is 6.61 Å². The van der Waals surface area contributed by atoms with E-state index >= 15 is 0 Å². The topological polar surface area (TPSA) is 67.8 Å². The lowest BCUT2D eigenvalue weighted by Crippen LogP contribution is -2.14. The fourth-order valence-corrected chi connectivity index (χ4v) is 3.91. The molecule has 0 unspecified atom stereocenters. The van der Waals surface area contributed by atoms with E-state index in [1.807, 2.05) is 78.9 Å². The molecule has 2 N–H and O–H groups in total. The molecule has 0 saturated heterocycles. The Hall–Kier alpha value is -3.79. The maximum atomic E-state index is 10.9. The molecule has 162 valence electrons. The molecule has 0 amide bonds. The van der Waals surface area contributed by atoms with Crippen LogP contribution in [0.5, 0.6) is 5.75 Å². The number of hydroxylamine groups is 1. The van der Waals surface area contributed by atoms with Crippen LogP contribution in [0.15, 0.2) is 90.8 Å². The molecule has 3 aromatic rings. The molecular formula is C27H25NO4. The summed E-state index contributed by atoms with van der Waals surface area (Å²) in [7, 11) is 0. The zero-order chi connectivity index (χ0) is 22.2. The normalized spacial score (nSPS) is 12.6. The van der Waals surface area contributed by atoms with Gasteiger partial charge in [0, 0.05) is 11.1 Å². The Kier molecular flexibility index (Phi) is 7.03. The molecule has 0 spiro atoms. The van der Waals surface area contributed by atoms with Gasteiger partial charge in [0.1, 0.15) is 11.9 Å². The van der Waals surface area contributed by atoms with Crippen LogP contribution >= 0.6 is 0 Å². The maximum absolute atomic E-state index is 10.9. The van der Waals surface area contributed by atoms with Crippen LogP contribution in [0, 0.1) is 0 Å². The third-order valence-corrected chi connectivity index (χ3v) is 5.36. The van der Waals surface area contributed by atoms with Crippen LogP contribution in [-0.4, -0.2) is 17.7 Å². The van der Waals surface area contributed by atoms with Crippen molar-refractivity contribution < 1.29 is 19.5 Å². The van der Waals surface area contributed by atoms with Gasteiger partial charge in [-0.15, -0.1) is 0 Å². The highest BCUT2D eigenvalue weighted by atomic mass is 16.7. The Morgan fingerprint density at radius 3 is 2.31 bits per heavy atom. The number of rotatable bonds is 8. The molecule has 1 aliphatic rings. The van der Waals surface area contributed by atoms with Gasteiger partial charge in [0.2, 0.25) is 0 Å². The molecule has 4 rings (SSSR count). The van der Waals surface area contributed by atoms with Crippen molar-refractivity contribution in [3.8, 4) is 5.75 Å². The monoisotopic (exact) mass is 427 g/mol. The van der Waals surface area contributed by atoms with E-state index in [9.17, 15) is 4.79 Å². The van der Waals surface area contributed by atoms with Crippen LogP contribution in [0.3, 0.4) is 0 Å². The summed E-state index contributed by atoms with van der Waals surface area (Å²) < 4.78 is 5.48. The Balaban J connectivity index is 1.53. The summed E-state index contributed by atoms with van der Waals surface area (Å²) in [6.07, 6.45) is 4.12. The Labute approximate surface area is 187 Å². The van der Waals surface area contributed by atoms with Gasteiger partial charge in [-0.3, -0.25) is 10.3 Å². The lowest BCUT2D eigenvalue weighted by Gasteiger charge is -2.20. The lowest BCUT2D eigenvalue weighted by molar-refractivity contribution is -0.139. The average Bonchev–Trinajstić information content (AvgIpc) is 2.84. The zero-order valence-electron chi connectivity index (χ0n) is 17.7. The van der Waals surface area contributed by atoms with Gasteiger partial charge in [-0.25, -0.2) is 4.79 Å². The van der Waals surface area contributed by atoms with Crippen LogP contribution in [0.2, 0.25) is 0 Å². The number of ether oxygens (including phenoxy) is 1. The minimum atomic E-state index is -0.984. The number of benzene rings is 3. The summed E-state index contributed by atoms with van der Waals surface area (Å²) >= 11 is 0. The molecule has 5 heteroatoms. The van der Waals surface area contributed by atoms with Crippen LogP contribution in [0.1, 0.15) is 41.2 Å². The van der Waals surface area contributed by atoms with Gasteiger partial charge in [-0.2, -0.15) is 0 Å². The SMILES string of the molecule is O=C(O)COc1cccc2c1CCCC2=C=CNOC(c1ccccc1)c1ccccc1. The van der Waals surface area contributed by atoms with Gasteiger partial charge < -0.3 is 9.84 Å². The molecule has 0 bridgehead atoms. The van der Waals surface area contributed by atoms with E-state index in [1.165, 1.54) is 0 Å². The summed E-state index contributed by atoms with van der Waals surface area (Å²) in [5, 5.41) is 8.91. The van der Waals surface area contributed by atoms with Crippen LogP contribution < -0.4 is 10.2 Å². The number of hydrogen-bond acceptors (Lipinski definition) is 4. The van der Waals surface area contributed by atoms with Crippen molar-refractivity contribution in [2.24, 2.45) is 0 Å². The van der Waals surface area contributed by atoms with Crippen LogP contribution in [0.25, 0.3) is 5.57 Å². The molecule has 1 aliphatic carbocycles. The van der Waals surface area contributed by atoms with Crippen molar-refractivity contribution in [1.29, 1.82) is 0 Å². The highest BCUT2D eigenvalue weighted by Crippen LogP contribution is 2.35. The van der Waals surface area contributed by atoms with Gasteiger partial charge in [0.05, 0.1) is 6.20 Å². The fourth-order valence-electron chi connectivity index (χ4n) is 3.91. The average molecular weight is 428 g/mol. The van der Waals surface area contributed by atoms with Gasteiger partial charge in [0.25, 0.3) is 0 Å². The number of fused-ring (bicyclic) bond motifs is 1. The third-order valence-electron chi connectivity index (χ3n) is 5.36. The Bertz CT molecular complexity index is 1080. The quantitative estimate of drug-likeness (QED) is 0.378. The molecule has 0 radical (unpaired) electrons. The van der Waals surface area contributed by atoms with Gasteiger partial charge >= 0.3 is 5.97 Å². The van der Waals surface area contributed by atoms with Gasteiger partial charge in [0.15, 0.2) is 6.61 Å². The molecule has 5 nitrogen and oxygen atoms in total. The molecule has 0 aromatic heterocycles. The maximum Gasteiger partial charge on any atom is 0.341 e. The van der Waals surface area contributed by atoms with E-state index in [0.29, 0.717) is 5.75 Å². The van der Waals surface area contributed by atoms with Crippen LogP contribution in [0.4, 0.5) is 0 Å². The smallest absolute Gasteiger partial charge is 0.341 e. The van der Waals surface area contributed by atoms with Crippen LogP contribution in [-0.2, 0) is 16.1 Å². The number of carboxylic acid groups (broad SMARTS) is 1. The molecule has 32 heavy (non-hydrogen) atoms.